The summed E-state index contributed by atoms with van der Waals surface area (Å²) in [5.41, 5.74) is 5.14. The molecule has 0 bridgehead atoms. The van der Waals surface area contributed by atoms with Crippen molar-refractivity contribution < 1.29 is 14.7 Å². The van der Waals surface area contributed by atoms with Gasteiger partial charge in [-0.25, -0.2) is 4.79 Å². The van der Waals surface area contributed by atoms with Crippen LogP contribution in [-0.2, 0) is 9.59 Å². The van der Waals surface area contributed by atoms with E-state index in [1.165, 1.54) is 8.93 Å². The number of carbonyl (C=O) groups is 2. The molecule has 13 heavy (non-hydrogen) atoms. The molecule has 0 aliphatic heterocycles. The van der Waals surface area contributed by atoms with Gasteiger partial charge in [0.15, 0.2) is 0 Å². The maximum atomic E-state index is 11.0. The van der Waals surface area contributed by atoms with Crippen LogP contribution < -0.4 is 11.1 Å². The minimum Gasteiger partial charge on any atom is -0.480 e. The minimum absolute atomic E-state index is 0.162. The number of hydrogen-bond donors (Lipinski definition) is 3. The van der Waals surface area contributed by atoms with Gasteiger partial charge in [0.25, 0.3) is 0 Å². The van der Waals surface area contributed by atoms with E-state index in [9.17, 15) is 9.59 Å². The Balaban J connectivity index is 3.94. The Bertz CT molecular complexity index is 191. The Kier molecular flexibility index (Phi) is 7.38. The molecule has 0 radical (unpaired) electrons. The van der Waals surface area contributed by atoms with Crippen LogP contribution in [0.5, 0.6) is 0 Å². The highest BCUT2D eigenvalue weighted by atomic mass is 127. The summed E-state index contributed by atoms with van der Waals surface area (Å²) in [5.74, 6) is -0.985. The first kappa shape index (κ1) is 13.0. The smallest absolute Gasteiger partial charge is 0.327 e. The Hall–Kier alpha value is -0.0200. The van der Waals surface area contributed by atoms with Crippen molar-refractivity contribution in [2.24, 2.45) is 5.73 Å². The summed E-state index contributed by atoms with van der Waals surface area (Å²) in [5, 5.41) is 11.0. The Labute approximate surface area is 92.4 Å². The van der Waals surface area contributed by atoms with Gasteiger partial charge in [-0.05, 0) is 21.2 Å². The molecule has 0 aliphatic rings. The number of carboxylic acids is 1. The number of hydrogen-bond acceptors (Lipinski definition) is 4. The van der Waals surface area contributed by atoms with E-state index in [0.717, 1.165) is 0 Å². The van der Waals surface area contributed by atoms with Crippen LogP contribution in [0, 0.1) is 0 Å². The first-order valence-corrected chi connectivity index (χ1v) is 7.10. The van der Waals surface area contributed by atoms with Gasteiger partial charge in [-0.3, -0.25) is 4.79 Å². The SMILES string of the molecule is NCCC(=O)N[C@@H](CSI)C(=O)O. The molecule has 5 nitrogen and oxygen atoms in total. The van der Waals surface area contributed by atoms with Gasteiger partial charge in [0.05, 0.1) is 0 Å². The second kappa shape index (κ2) is 7.39. The van der Waals surface area contributed by atoms with E-state index in [1.54, 1.807) is 0 Å². The van der Waals surface area contributed by atoms with E-state index < -0.39 is 12.0 Å². The van der Waals surface area contributed by atoms with Crippen LogP contribution in [0.3, 0.4) is 0 Å². The molecule has 1 amide bonds. The summed E-state index contributed by atoms with van der Waals surface area (Å²) in [6.07, 6.45) is 0.162. The highest BCUT2D eigenvalue weighted by Gasteiger charge is 2.18. The Morgan fingerprint density at radius 3 is 2.62 bits per heavy atom. The average molecular weight is 318 g/mol. The number of nitrogens with two attached hydrogens (primary N) is 1. The first-order chi connectivity index (χ1) is 6.11. The normalized spacial score (nSPS) is 12.2. The number of amides is 1. The zero-order valence-electron chi connectivity index (χ0n) is 6.83. The summed E-state index contributed by atoms with van der Waals surface area (Å²) in [6.45, 7) is 0.232. The Morgan fingerprint density at radius 1 is 1.62 bits per heavy atom. The van der Waals surface area contributed by atoms with Crippen LogP contribution in [0.15, 0.2) is 0 Å². The van der Waals surface area contributed by atoms with Gasteiger partial charge in [0.2, 0.25) is 5.91 Å². The number of rotatable bonds is 6. The van der Waals surface area contributed by atoms with Gasteiger partial charge in [0.1, 0.15) is 6.04 Å². The molecule has 0 saturated carbocycles. The van der Waals surface area contributed by atoms with Crippen molar-refractivity contribution >= 4 is 42.0 Å². The molecule has 4 N–H and O–H groups in total. The molecule has 0 aliphatic carbocycles. The maximum Gasteiger partial charge on any atom is 0.327 e. The number of nitrogens with one attached hydrogen (secondary N) is 1. The molecule has 0 heterocycles. The average Bonchev–Trinajstić information content (AvgIpc) is 2.04. The number of carboxylic acid groups (broad SMARTS) is 1. The molecule has 0 fully saturated rings. The van der Waals surface area contributed by atoms with E-state index in [1.807, 2.05) is 21.2 Å². The van der Waals surface area contributed by atoms with Crippen molar-refractivity contribution in [3.05, 3.63) is 0 Å². The fourth-order valence-electron chi connectivity index (χ4n) is 0.635. The lowest BCUT2D eigenvalue weighted by Crippen LogP contribution is -2.42. The first-order valence-electron chi connectivity index (χ1n) is 3.57. The van der Waals surface area contributed by atoms with Gasteiger partial charge in [0, 0.05) is 18.7 Å². The highest BCUT2D eigenvalue weighted by molar-refractivity contribution is 14.2. The fraction of sp³-hybridized carbons (Fsp3) is 0.667. The van der Waals surface area contributed by atoms with Gasteiger partial charge in [-0.15, -0.1) is 0 Å². The predicted molar refractivity (Wildman–Crippen MR) is 59.7 cm³/mol. The number of aliphatic carboxylic acids is 1. The van der Waals surface area contributed by atoms with E-state index in [4.69, 9.17) is 10.8 Å². The van der Waals surface area contributed by atoms with Crippen molar-refractivity contribution in [2.45, 2.75) is 12.5 Å². The molecule has 0 aromatic heterocycles. The minimum atomic E-state index is -1.02. The van der Waals surface area contributed by atoms with Crippen molar-refractivity contribution in [3.8, 4) is 0 Å². The summed E-state index contributed by atoms with van der Waals surface area (Å²) in [4.78, 5) is 21.5. The quantitative estimate of drug-likeness (QED) is 0.599. The molecular formula is C6H11IN2O3S. The van der Waals surface area contributed by atoms with E-state index in [2.05, 4.69) is 5.32 Å². The third-order valence-corrected chi connectivity index (χ3v) is 2.77. The van der Waals surface area contributed by atoms with Crippen LogP contribution in [0.2, 0.25) is 0 Å². The zero-order valence-corrected chi connectivity index (χ0v) is 9.80. The molecule has 76 valence electrons. The summed E-state index contributed by atoms with van der Waals surface area (Å²) in [7, 11) is 1.34. The van der Waals surface area contributed by atoms with E-state index in [-0.39, 0.29) is 18.9 Å². The van der Waals surface area contributed by atoms with Crippen molar-refractivity contribution in [2.75, 3.05) is 12.3 Å². The second-order valence-corrected chi connectivity index (χ2v) is 4.69. The number of carbonyl (C=O) groups excluding carboxylic acids is 1. The van der Waals surface area contributed by atoms with E-state index >= 15 is 0 Å². The molecule has 0 aromatic carbocycles. The van der Waals surface area contributed by atoms with Crippen LogP contribution in [0.4, 0.5) is 0 Å². The molecule has 1 atom stereocenters. The van der Waals surface area contributed by atoms with Crippen molar-refractivity contribution in [1.29, 1.82) is 0 Å². The molecule has 0 aromatic rings. The van der Waals surface area contributed by atoms with Gasteiger partial charge >= 0.3 is 5.97 Å². The van der Waals surface area contributed by atoms with Crippen LogP contribution >= 0.6 is 30.1 Å². The second-order valence-electron chi connectivity index (χ2n) is 2.27. The zero-order chi connectivity index (χ0) is 10.3. The van der Waals surface area contributed by atoms with Gasteiger partial charge < -0.3 is 16.2 Å². The summed E-state index contributed by atoms with van der Waals surface area (Å²) in [6, 6.07) is -0.819. The van der Waals surface area contributed by atoms with Gasteiger partial charge in [-0.2, -0.15) is 0 Å². The Morgan fingerprint density at radius 2 is 2.23 bits per heavy atom. The molecule has 0 rings (SSSR count). The third kappa shape index (κ3) is 6.11. The predicted octanol–water partition coefficient (Wildman–Crippen LogP) is -0.0122. The maximum absolute atomic E-state index is 11.0. The molecule has 7 heteroatoms. The monoisotopic (exact) mass is 318 g/mol. The lowest BCUT2D eigenvalue weighted by atomic mass is 10.3. The van der Waals surface area contributed by atoms with Crippen molar-refractivity contribution in [1.82, 2.24) is 5.32 Å². The molecular weight excluding hydrogens is 307 g/mol. The lowest BCUT2D eigenvalue weighted by molar-refractivity contribution is -0.141. The van der Waals surface area contributed by atoms with Crippen LogP contribution in [0.1, 0.15) is 6.42 Å². The molecule has 0 spiro atoms. The van der Waals surface area contributed by atoms with Crippen molar-refractivity contribution in [3.63, 3.8) is 0 Å². The van der Waals surface area contributed by atoms with E-state index in [0.29, 0.717) is 5.75 Å². The standard InChI is InChI=1S/C6H11IN2O3S/c7-13-3-4(6(11)12)9-5(10)1-2-8/h4H,1-3,8H2,(H,9,10)(H,11,12)/t4-/m0/s1. The topological polar surface area (TPSA) is 92.4 Å². The lowest BCUT2D eigenvalue weighted by Gasteiger charge is -2.11. The summed E-state index contributed by atoms with van der Waals surface area (Å²) < 4.78 is 0. The van der Waals surface area contributed by atoms with Crippen LogP contribution in [-0.4, -0.2) is 35.3 Å². The van der Waals surface area contributed by atoms with Crippen LogP contribution in [0.25, 0.3) is 0 Å². The highest BCUT2D eigenvalue weighted by Crippen LogP contribution is 2.12. The van der Waals surface area contributed by atoms with Gasteiger partial charge in [-0.1, -0.05) is 8.93 Å². The third-order valence-electron chi connectivity index (χ3n) is 1.23. The number of halogens is 1. The summed E-state index contributed by atoms with van der Waals surface area (Å²) >= 11 is 1.98. The largest absolute Gasteiger partial charge is 0.480 e. The molecule has 0 saturated heterocycles. The molecule has 0 unspecified atom stereocenters. The fourth-order valence-corrected chi connectivity index (χ4v) is 2.07.